The second-order valence-corrected chi connectivity index (χ2v) is 27.6. The van der Waals surface area contributed by atoms with E-state index in [1.165, 1.54) is 14.2 Å². The van der Waals surface area contributed by atoms with Crippen molar-refractivity contribution in [1.82, 2.24) is 76.5 Å². The van der Waals surface area contributed by atoms with Gasteiger partial charge in [0.25, 0.3) is 40.6 Å². The quantitative estimate of drug-likeness (QED) is 0.0273. The smallest absolute Gasteiger partial charge is 0.360 e. The molecule has 0 unspecified atom stereocenters. The number of benzene rings is 8. The Morgan fingerprint density at radius 2 is 0.833 bits per heavy atom. The number of nitrogens with zero attached hydrogens (tertiary/aromatic N) is 10. The molecule has 0 bridgehead atoms. The number of ether oxygens (including phenoxy) is 2. The Kier molecular flexibility index (Phi) is 24.9. The first-order valence-electron chi connectivity index (χ1n) is 29.5. The molecule has 14 rings (SSSR count). The third-order valence-corrected chi connectivity index (χ3v) is 14.1. The number of anilines is 1. The van der Waals surface area contributed by atoms with Crippen molar-refractivity contribution >= 4 is 124 Å². The molecule has 0 aliphatic carbocycles. The number of nitrogens with one attached hydrogen (secondary N) is 5. The van der Waals surface area contributed by atoms with E-state index in [1.54, 1.807) is 97.1 Å². The highest BCUT2D eigenvalue weighted by Gasteiger charge is 2.21. The largest absolute Gasteiger partial charge is 0.496 e. The lowest BCUT2D eigenvalue weighted by atomic mass is 10.1. The molecule has 14 aromatic rings. The van der Waals surface area contributed by atoms with Crippen LogP contribution in [0.4, 0.5) is 5.82 Å². The summed E-state index contributed by atoms with van der Waals surface area (Å²) in [7, 11) is 2.94. The number of carboxylic acid groups (broad SMARTS) is 1. The number of para-hydroxylation sites is 10. The Labute approximate surface area is 595 Å². The van der Waals surface area contributed by atoms with Gasteiger partial charge in [-0.1, -0.05) is 121 Å². The van der Waals surface area contributed by atoms with E-state index in [1.807, 2.05) is 116 Å². The van der Waals surface area contributed by atoms with Crippen LogP contribution in [0.1, 0.15) is 52.8 Å². The van der Waals surface area contributed by atoms with Crippen LogP contribution < -0.4 is 48.4 Å². The summed E-state index contributed by atoms with van der Waals surface area (Å²) < 4.78 is 31.1. The third kappa shape index (κ3) is 19.3. The van der Waals surface area contributed by atoms with Gasteiger partial charge in [-0.25, -0.2) is 40.5 Å². The van der Waals surface area contributed by atoms with E-state index in [2.05, 4.69) is 105 Å². The molecule has 29 nitrogen and oxygen atoms in total. The van der Waals surface area contributed by atoms with Crippen molar-refractivity contribution in [1.29, 1.82) is 0 Å². The van der Waals surface area contributed by atoms with Crippen molar-refractivity contribution in [3.63, 3.8) is 0 Å². The Hall–Kier alpha value is -12.4. The first-order valence-corrected chi connectivity index (χ1v) is 34.3. The van der Waals surface area contributed by atoms with Gasteiger partial charge in [0, 0.05) is 11.1 Å². The van der Waals surface area contributed by atoms with E-state index in [0.717, 1.165) is 44.3 Å². The number of aromatic carboxylic acids is 1. The first-order chi connectivity index (χ1) is 49.0. The molecule has 34 heteroatoms. The van der Waals surface area contributed by atoms with Crippen LogP contribution >= 0.6 is 50.5 Å². The molecule has 10 N–H and O–H groups in total. The number of halogens is 4. The zero-order valence-electron chi connectivity index (χ0n) is 53.5. The van der Waals surface area contributed by atoms with E-state index in [9.17, 15) is 33.3 Å². The predicted molar refractivity (Wildman–Crippen MR) is 385 cm³/mol. The highest BCUT2D eigenvalue weighted by Crippen LogP contribution is 2.61. The molecule has 0 saturated carbocycles. The van der Waals surface area contributed by atoms with E-state index in [-0.39, 0.29) is 39.9 Å². The number of carbonyl (C=O) groups excluding carboxylic acids is 3. The fraction of sp³-hybridized carbons (Fsp3) is 0.0588. The molecule has 6 heterocycles. The standard InChI is InChI=1S/C17H11ClN4O.C17H13N5O.C17H14N4O4.C9H6N2O3.C8H10N2O2.Cl3OP/c2*1-10-6-2-3-7-11(10)16-21-22-17(23-16)14-15(18)20-13-9-5-4-8-12(13)19-14;1-25-13-9-5-2-6-10(13)15(22)20-21-17(24)14-16(23)19-12-8-4-3-7-11(12)18-14;12-8-7(9(13)14)10-5-3-1-2-4-6(5)11-8;1-12-7-5-3-2-4-6(7)8(11)10-9;1-5(2,3)4/h2-9H,1H3;2-9H,1H3,(H2,18,20);2-9H,1H3,(H,19,23)(H,20,22)(H,21,24);1-4H,(H,11,12)(H,13,14);2-5H,9H2,1H3,(H,10,11);. The van der Waals surface area contributed by atoms with Gasteiger partial charge in [-0.2, -0.15) is 0 Å². The number of aromatic nitrogens is 12. The first kappa shape index (κ1) is 73.9. The summed E-state index contributed by atoms with van der Waals surface area (Å²) in [5.41, 5.74) is 20.5. The SMILES string of the molecule is COc1ccccc1C(=O)NN.COc1ccccc1C(=O)NNC(=O)c1nc2ccccc2[nH]c1=O.Cc1ccccc1-c1nnc(-c2nc3ccccc3nc2Cl)o1.Cc1ccccc1-c1nnc(-c2nc3ccccc3nc2N)o1.O=C(O)c1nc2ccccc2[nH]c1=O.O=P(Cl)(Cl)Cl. The summed E-state index contributed by atoms with van der Waals surface area (Å²) in [6.45, 7) is 3.98. The number of carboxylic acids is 1. The van der Waals surface area contributed by atoms with Gasteiger partial charge in [0.2, 0.25) is 17.5 Å². The lowest BCUT2D eigenvalue weighted by Gasteiger charge is -2.09. The van der Waals surface area contributed by atoms with Crippen LogP contribution in [0.2, 0.25) is 5.15 Å². The summed E-state index contributed by atoms with van der Waals surface area (Å²) in [5, 5.41) is 22.0. The van der Waals surface area contributed by atoms with Gasteiger partial charge in [0.15, 0.2) is 28.1 Å². The third-order valence-electron chi connectivity index (χ3n) is 13.9. The predicted octanol–water partition coefficient (Wildman–Crippen LogP) is 12.3. The molecule has 0 atom stereocenters. The van der Waals surface area contributed by atoms with Crippen molar-refractivity contribution < 1.29 is 47.2 Å². The van der Waals surface area contributed by atoms with Crippen LogP contribution in [0.25, 0.3) is 90.2 Å². The molecule has 6 aromatic heterocycles. The van der Waals surface area contributed by atoms with Crippen LogP contribution in [0.15, 0.2) is 213 Å². The van der Waals surface area contributed by atoms with E-state index in [0.29, 0.717) is 62.3 Å². The number of nitrogens with two attached hydrogens (primary N) is 2. The number of amides is 3. The van der Waals surface area contributed by atoms with Gasteiger partial charge in [-0.05, 0) is 144 Å². The van der Waals surface area contributed by atoms with Crippen molar-refractivity contribution in [3.05, 3.63) is 254 Å². The van der Waals surface area contributed by atoms with Crippen molar-refractivity contribution in [2.24, 2.45) is 5.84 Å². The average Bonchev–Trinajstić information content (AvgIpc) is 1.54. The number of nitrogen functional groups attached to an aromatic ring is 2. The van der Waals surface area contributed by atoms with E-state index >= 15 is 0 Å². The molecular formula is C68H54Cl4N17O12P. The Morgan fingerprint density at radius 3 is 1.30 bits per heavy atom. The molecule has 102 heavy (non-hydrogen) atoms. The highest BCUT2D eigenvalue weighted by molar-refractivity contribution is 8.24. The number of methoxy groups -OCH3 is 2. The molecule has 0 aliphatic rings. The Balaban J connectivity index is 0.000000149. The molecule has 0 radical (unpaired) electrons. The number of aromatic amines is 2. The minimum Gasteiger partial charge on any atom is -0.496 e. The van der Waals surface area contributed by atoms with Gasteiger partial charge in [-0.15, -0.1) is 20.4 Å². The summed E-state index contributed by atoms with van der Waals surface area (Å²) in [6, 6.07) is 57.6. The summed E-state index contributed by atoms with van der Waals surface area (Å²) >= 11 is 20.1. The maximum absolute atomic E-state index is 12.2. The van der Waals surface area contributed by atoms with Gasteiger partial charge in [-0.3, -0.25) is 44.8 Å². The van der Waals surface area contributed by atoms with Crippen molar-refractivity contribution in [2.75, 3.05) is 20.0 Å². The summed E-state index contributed by atoms with van der Waals surface area (Å²) in [6.07, 6.45) is 0. The summed E-state index contributed by atoms with van der Waals surface area (Å²) in [5.74, 6) is 4.42. The molecule has 0 spiro atoms. The van der Waals surface area contributed by atoms with Gasteiger partial charge in [0.1, 0.15) is 11.5 Å². The minimum absolute atomic E-state index is 0.240. The van der Waals surface area contributed by atoms with Gasteiger partial charge < -0.3 is 39.1 Å². The normalized spacial score (nSPS) is 10.6. The van der Waals surface area contributed by atoms with Gasteiger partial charge >= 0.3 is 11.2 Å². The van der Waals surface area contributed by atoms with Crippen LogP contribution in [0.5, 0.6) is 11.5 Å². The van der Waals surface area contributed by atoms with Crippen molar-refractivity contribution in [3.8, 4) is 57.6 Å². The zero-order chi connectivity index (χ0) is 73.0. The molecule has 0 aliphatic heterocycles. The number of hydrazine groups is 2. The maximum atomic E-state index is 12.2. The average molecular weight is 1470 g/mol. The van der Waals surface area contributed by atoms with E-state index < -0.39 is 39.8 Å². The van der Waals surface area contributed by atoms with Crippen LogP contribution in [-0.4, -0.2) is 103 Å². The number of H-pyrrole nitrogens is 2. The molecular weight excluding hydrogens is 1420 g/mol. The molecule has 0 saturated heterocycles. The van der Waals surface area contributed by atoms with Crippen LogP contribution in [0.3, 0.4) is 0 Å². The second kappa shape index (κ2) is 34.4. The second-order valence-electron chi connectivity index (χ2n) is 20.6. The number of fused-ring (bicyclic) bond motifs is 4. The number of hydrogen-bond donors (Lipinski definition) is 8. The van der Waals surface area contributed by atoms with Crippen molar-refractivity contribution in [2.45, 2.75) is 13.8 Å². The lowest BCUT2D eigenvalue weighted by molar-refractivity contribution is 0.0688. The molecule has 0 fully saturated rings. The zero-order valence-corrected chi connectivity index (χ0v) is 57.4. The fourth-order valence-corrected chi connectivity index (χ4v) is 9.32. The van der Waals surface area contributed by atoms with Gasteiger partial charge in [0.05, 0.1) is 69.5 Å². The number of rotatable bonds is 10. The monoisotopic (exact) mass is 1470 g/mol. The Morgan fingerprint density at radius 1 is 0.471 bits per heavy atom. The number of hydrogen-bond acceptors (Lipinski definition) is 23. The molecule has 3 amide bonds. The van der Waals surface area contributed by atoms with Crippen LogP contribution in [0, 0.1) is 13.8 Å². The fourth-order valence-electron chi connectivity index (χ4n) is 9.11. The minimum atomic E-state index is -3.22. The highest BCUT2D eigenvalue weighted by atomic mass is 36.0. The topological polar surface area (TPSA) is 433 Å². The lowest BCUT2D eigenvalue weighted by Crippen LogP contribution is -2.44. The molecule has 8 aromatic carbocycles. The van der Waals surface area contributed by atoms with E-state index in [4.69, 9.17) is 46.6 Å². The maximum Gasteiger partial charge on any atom is 0.360 e. The summed E-state index contributed by atoms with van der Waals surface area (Å²) in [4.78, 5) is 99.5. The Bertz CT molecular complexity index is 5390. The number of aryl methyl sites for hydroxylation is 2. The number of carbonyl (C=O) groups is 4. The molecule has 516 valence electrons. The van der Waals surface area contributed by atoms with Crippen LogP contribution in [-0.2, 0) is 4.57 Å².